The molecule has 0 bridgehead atoms. The molecule has 0 saturated carbocycles. The van der Waals surface area contributed by atoms with Gasteiger partial charge in [-0.2, -0.15) is 0 Å². The fraction of sp³-hybridized carbons (Fsp3) is 0.238. The Morgan fingerprint density at radius 2 is 1.89 bits per heavy atom. The molecule has 4 rings (SSSR count). The van der Waals surface area contributed by atoms with Gasteiger partial charge in [-0.25, -0.2) is 4.39 Å². The van der Waals surface area contributed by atoms with E-state index in [1.165, 1.54) is 23.7 Å². The van der Waals surface area contributed by atoms with Gasteiger partial charge in [0.2, 0.25) is 5.91 Å². The van der Waals surface area contributed by atoms with Crippen LogP contribution in [-0.2, 0) is 12.8 Å². The number of fused-ring (bicyclic) bond motifs is 3. The number of aromatic amines is 1. The van der Waals surface area contributed by atoms with Crippen LogP contribution in [0.2, 0.25) is 0 Å². The number of rotatable bonds is 3. The number of H-pyrrole nitrogens is 1. The molecule has 1 aliphatic carbocycles. The summed E-state index contributed by atoms with van der Waals surface area (Å²) in [4.78, 5) is 27.5. The largest absolute Gasteiger partial charge is 0.366 e. The number of hydrogen-bond donors (Lipinski definition) is 3. The van der Waals surface area contributed by atoms with E-state index in [0.29, 0.717) is 5.56 Å². The number of carbonyl (C=O) groups excluding carboxylic acids is 2. The third-order valence-corrected chi connectivity index (χ3v) is 5.24. The van der Waals surface area contributed by atoms with Crippen LogP contribution in [0.4, 0.5) is 10.1 Å². The zero-order valence-electron chi connectivity index (χ0n) is 15.0. The highest BCUT2D eigenvalue weighted by Gasteiger charge is 2.18. The third-order valence-electron chi connectivity index (χ3n) is 5.24. The quantitative estimate of drug-likeness (QED) is 0.658. The average Bonchev–Trinajstić information content (AvgIpc) is 3.02. The first-order chi connectivity index (χ1) is 12.9. The van der Waals surface area contributed by atoms with E-state index in [4.69, 9.17) is 5.73 Å². The van der Waals surface area contributed by atoms with Crippen molar-refractivity contribution in [1.82, 2.24) is 4.98 Å². The number of hydrogen-bond acceptors (Lipinski definition) is 2. The van der Waals surface area contributed by atoms with Gasteiger partial charge >= 0.3 is 0 Å². The molecule has 0 saturated heterocycles. The van der Waals surface area contributed by atoms with Gasteiger partial charge in [-0.05, 0) is 68.5 Å². The number of nitrogens with two attached hydrogens (primary N) is 1. The summed E-state index contributed by atoms with van der Waals surface area (Å²) in [6, 6.07) is 7.98. The summed E-state index contributed by atoms with van der Waals surface area (Å²) >= 11 is 0. The minimum Gasteiger partial charge on any atom is -0.366 e. The number of anilines is 1. The van der Waals surface area contributed by atoms with Gasteiger partial charge in [0, 0.05) is 39.0 Å². The topological polar surface area (TPSA) is 88.0 Å². The highest BCUT2D eigenvalue weighted by atomic mass is 19.1. The Morgan fingerprint density at radius 3 is 2.67 bits per heavy atom. The first kappa shape index (κ1) is 17.3. The number of primary amides is 1. The van der Waals surface area contributed by atoms with Crippen molar-refractivity contribution in [2.75, 3.05) is 5.32 Å². The van der Waals surface area contributed by atoms with E-state index < -0.39 is 11.7 Å². The number of aromatic nitrogens is 1. The second-order valence-corrected chi connectivity index (χ2v) is 7.00. The van der Waals surface area contributed by atoms with E-state index >= 15 is 0 Å². The predicted molar refractivity (Wildman–Crippen MR) is 103 cm³/mol. The van der Waals surface area contributed by atoms with Crippen LogP contribution in [0.5, 0.6) is 0 Å². The molecule has 0 atom stereocenters. The number of amides is 2. The van der Waals surface area contributed by atoms with Gasteiger partial charge in [0.1, 0.15) is 5.82 Å². The lowest BCUT2D eigenvalue weighted by atomic mass is 9.95. The molecule has 138 valence electrons. The van der Waals surface area contributed by atoms with Gasteiger partial charge in [-0.3, -0.25) is 9.59 Å². The van der Waals surface area contributed by atoms with E-state index in [2.05, 4.69) is 10.3 Å². The van der Waals surface area contributed by atoms with Crippen LogP contribution in [0.3, 0.4) is 0 Å². The van der Waals surface area contributed by atoms with Crippen molar-refractivity contribution in [3.63, 3.8) is 0 Å². The summed E-state index contributed by atoms with van der Waals surface area (Å²) in [6.45, 7) is 1.54. The number of aryl methyl sites for hydroxylation is 2. The van der Waals surface area contributed by atoms with Crippen LogP contribution in [0, 0.1) is 12.7 Å². The number of halogens is 1. The minimum absolute atomic E-state index is 0.0172. The number of benzene rings is 2. The summed E-state index contributed by atoms with van der Waals surface area (Å²) in [7, 11) is 0. The lowest BCUT2D eigenvalue weighted by Gasteiger charge is -2.12. The average molecular weight is 365 g/mol. The lowest BCUT2D eigenvalue weighted by Crippen LogP contribution is -2.16. The van der Waals surface area contributed by atoms with Gasteiger partial charge < -0.3 is 16.0 Å². The molecule has 5 nitrogen and oxygen atoms in total. The number of nitrogens with one attached hydrogen (secondary N) is 2. The van der Waals surface area contributed by atoms with Gasteiger partial charge in [0.15, 0.2) is 0 Å². The van der Waals surface area contributed by atoms with Gasteiger partial charge in [0.05, 0.1) is 0 Å². The maximum Gasteiger partial charge on any atom is 0.255 e. The Morgan fingerprint density at radius 1 is 1.11 bits per heavy atom. The monoisotopic (exact) mass is 365 g/mol. The van der Waals surface area contributed by atoms with Crippen LogP contribution in [0.15, 0.2) is 30.3 Å². The SMILES string of the molecule is Cc1c(F)cc(C(N)=O)cc1NC(=O)c1ccc2[nH]c3c(c2c1)CCCC3. The first-order valence-electron chi connectivity index (χ1n) is 8.99. The minimum atomic E-state index is -0.746. The van der Waals surface area contributed by atoms with Crippen LogP contribution < -0.4 is 11.1 Å². The number of carbonyl (C=O) groups is 2. The molecule has 0 aliphatic heterocycles. The molecule has 0 unspecified atom stereocenters. The molecule has 1 aromatic heterocycles. The fourth-order valence-corrected chi connectivity index (χ4v) is 3.69. The standard InChI is InChI=1S/C21H20FN3O2/c1-11-16(22)9-13(20(23)26)10-19(11)25-21(27)12-6-7-18-15(8-12)14-4-2-3-5-17(14)24-18/h6-10,24H,2-5H2,1H3,(H2,23,26)(H,25,27). The Bertz CT molecular complexity index is 1080. The predicted octanol–water partition coefficient (Wildman–Crippen LogP) is 3.85. The van der Waals surface area contributed by atoms with Gasteiger partial charge in [0.25, 0.3) is 5.91 Å². The summed E-state index contributed by atoms with van der Waals surface area (Å²) in [5, 5.41) is 3.76. The van der Waals surface area contributed by atoms with Crippen molar-refractivity contribution >= 4 is 28.4 Å². The molecule has 0 fully saturated rings. The van der Waals surface area contributed by atoms with Crippen molar-refractivity contribution in [3.05, 3.63) is 64.1 Å². The summed E-state index contributed by atoms with van der Waals surface area (Å²) in [5.41, 5.74) is 9.79. The maximum atomic E-state index is 14.0. The van der Waals surface area contributed by atoms with Crippen LogP contribution in [-0.4, -0.2) is 16.8 Å². The summed E-state index contributed by atoms with van der Waals surface area (Å²) in [6.07, 6.45) is 4.36. The maximum absolute atomic E-state index is 14.0. The molecule has 27 heavy (non-hydrogen) atoms. The lowest BCUT2D eigenvalue weighted by molar-refractivity contribution is 0.0995. The van der Waals surface area contributed by atoms with Crippen molar-refractivity contribution < 1.29 is 14.0 Å². The Hall–Kier alpha value is -3.15. The molecular weight excluding hydrogens is 345 g/mol. The molecule has 2 amide bonds. The normalized spacial score (nSPS) is 13.4. The molecule has 1 heterocycles. The molecular formula is C21H20FN3O2. The van der Waals surface area contributed by atoms with Crippen molar-refractivity contribution in [1.29, 1.82) is 0 Å². The molecule has 3 aromatic rings. The molecule has 1 aliphatic rings. The Labute approximate surface area is 155 Å². The second kappa shape index (κ2) is 6.54. The van der Waals surface area contributed by atoms with Gasteiger partial charge in [-0.1, -0.05) is 0 Å². The van der Waals surface area contributed by atoms with Crippen LogP contribution >= 0.6 is 0 Å². The van der Waals surface area contributed by atoms with Crippen molar-refractivity contribution in [3.8, 4) is 0 Å². The highest BCUT2D eigenvalue weighted by Crippen LogP contribution is 2.30. The van der Waals surface area contributed by atoms with E-state index in [-0.39, 0.29) is 22.7 Å². The van der Waals surface area contributed by atoms with Crippen molar-refractivity contribution in [2.45, 2.75) is 32.6 Å². The second-order valence-electron chi connectivity index (χ2n) is 7.00. The fourth-order valence-electron chi connectivity index (χ4n) is 3.69. The van der Waals surface area contributed by atoms with E-state index in [0.717, 1.165) is 36.2 Å². The highest BCUT2D eigenvalue weighted by molar-refractivity contribution is 6.07. The van der Waals surface area contributed by atoms with Gasteiger partial charge in [-0.15, -0.1) is 0 Å². The third kappa shape index (κ3) is 3.07. The smallest absolute Gasteiger partial charge is 0.255 e. The van der Waals surface area contributed by atoms with E-state index in [1.54, 1.807) is 13.0 Å². The molecule has 4 N–H and O–H groups in total. The molecule has 0 radical (unpaired) electrons. The molecule has 6 heteroatoms. The molecule has 2 aromatic carbocycles. The summed E-state index contributed by atoms with van der Waals surface area (Å²) < 4.78 is 14.0. The van der Waals surface area contributed by atoms with Crippen molar-refractivity contribution in [2.24, 2.45) is 5.73 Å². The Kier molecular flexibility index (Phi) is 4.18. The zero-order chi connectivity index (χ0) is 19.1. The van der Waals surface area contributed by atoms with Crippen LogP contribution in [0.1, 0.15) is 50.4 Å². The van der Waals surface area contributed by atoms with E-state index in [9.17, 15) is 14.0 Å². The first-order valence-corrected chi connectivity index (χ1v) is 8.99. The molecule has 0 spiro atoms. The Balaban J connectivity index is 1.68. The van der Waals surface area contributed by atoms with Crippen LogP contribution in [0.25, 0.3) is 10.9 Å². The van der Waals surface area contributed by atoms with E-state index in [1.807, 2.05) is 12.1 Å². The zero-order valence-corrected chi connectivity index (χ0v) is 15.0. The summed E-state index contributed by atoms with van der Waals surface area (Å²) in [5.74, 6) is -1.69.